The van der Waals surface area contributed by atoms with Crippen LogP contribution in [0.3, 0.4) is 0 Å². The lowest BCUT2D eigenvalue weighted by Crippen LogP contribution is -2.38. The predicted octanol–water partition coefficient (Wildman–Crippen LogP) is 3.41. The van der Waals surface area contributed by atoms with E-state index in [2.05, 4.69) is 27.0 Å². The summed E-state index contributed by atoms with van der Waals surface area (Å²) in [6.45, 7) is 3.92. The van der Waals surface area contributed by atoms with Gasteiger partial charge in [0.2, 0.25) is 0 Å². The molecule has 1 saturated heterocycles. The van der Waals surface area contributed by atoms with Crippen molar-refractivity contribution in [3.05, 3.63) is 46.2 Å². The number of carbonyl (C=O) groups excluding carboxylic acids is 1. The number of amides is 1. The minimum Gasteiger partial charge on any atom is -0.497 e. The zero-order valence-electron chi connectivity index (χ0n) is 15.4. The molecule has 2 heterocycles. The van der Waals surface area contributed by atoms with Gasteiger partial charge in [0.15, 0.2) is 0 Å². The fourth-order valence-electron chi connectivity index (χ4n) is 3.27. The van der Waals surface area contributed by atoms with E-state index >= 15 is 0 Å². The maximum Gasteiger partial charge on any atom is 0.251 e. The molecule has 0 unspecified atom stereocenters. The van der Waals surface area contributed by atoms with Crippen LogP contribution in [0, 0.1) is 5.92 Å². The summed E-state index contributed by atoms with van der Waals surface area (Å²) in [6, 6.07) is 7.43. The predicted molar refractivity (Wildman–Crippen MR) is 104 cm³/mol. The summed E-state index contributed by atoms with van der Waals surface area (Å²) in [5, 5.41) is 7.41. The van der Waals surface area contributed by atoms with Crippen LogP contribution in [0.1, 0.15) is 28.8 Å². The number of thiophene rings is 1. The maximum absolute atomic E-state index is 12.5. The molecule has 1 N–H and O–H groups in total. The fraction of sp³-hybridized carbons (Fsp3) is 0.450. The third-order valence-electron chi connectivity index (χ3n) is 4.86. The van der Waals surface area contributed by atoms with Crippen LogP contribution in [-0.2, 0) is 6.54 Å². The first-order valence-electron chi connectivity index (χ1n) is 8.92. The Balaban J connectivity index is 1.47. The third-order valence-corrected chi connectivity index (χ3v) is 5.59. The number of nitrogens with zero attached hydrogens (tertiary/aromatic N) is 1. The van der Waals surface area contributed by atoms with E-state index in [1.807, 2.05) is 0 Å². The molecule has 1 aliphatic heterocycles. The first kappa shape index (κ1) is 18.7. The Morgan fingerprint density at radius 2 is 1.88 bits per heavy atom. The molecule has 5 nitrogen and oxygen atoms in total. The molecule has 3 rings (SSSR count). The van der Waals surface area contributed by atoms with Crippen molar-refractivity contribution in [2.75, 3.05) is 33.9 Å². The number of nitrogens with one attached hydrogen (secondary N) is 1. The van der Waals surface area contributed by atoms with Gasteiger partial charge < -0.3 is 14.8 Å². The van der Waals surface area contributed by atoms with Gasteiger partial charge in [0.05, 0.1) is 14.2 Å². The lowest BCUT2D eigenvalue weighted by atomic mass is 9.96. The van der Waals surface area contributed by atoms with Crippen molar-refractivity contribution in [1.29, 1.82) is 0 Å². The second kappa shape index (κ2) is 9.05. The second-order valence-corrected chi connectivity index (χ2v) is 7.44. The SMILES string of the molecule is COc1cc(OC)cc(C(=O)NCC2CCN(Cc3ccsc3)CC2)c1. The van der Waals surface area contributed by atoms with Gasteiger partial charge in [-0.2, -0.15) is 11.3 Å². The van der Waals surface area contributed by atoms with Crippen LogP contribution >= 0.6 is 11.3 Å². The van der Waals surface area contributed by atoms with Crippen LogP contribution in [0.4, 0.5) is 0 Å². The van der Waals surface area contributed by atoms with Gasteiger partial charge >= 0.3 is 0 Å². The van der Waals surface area contributed by atoms with Gasteiger partial charge in [-0.1, -0.05) is 0 Å². The van der Waals surface area contributed by atoms with E-state index in [-0.39, 0.29) is 5.91 Å². The van der Waals surface area contributed by atoms with E-state index in [0.717, 1.165) is 32.5 Å². The van der Waals surface area contributed by atoms with E-state index < -0.39 is 0 Å². The van der Waals surface area contributed by atoms with Crippen LogP contribution in [0.25, 0.3) is 0 Å². The van der Waals surface area contributed by atoms with Crippen molar-refractivity contribution < 1.29 is 14.3 Å². The lowest BCUT2D eigenvalue weighted by molar-refractivity contribution is 0.0934. The molecule has 0 radical (unpaired) electrons. The quantitative estimate of drug-likeness (QED) is 0.807. The highest BCUT2D eigenvalue weighted by atomic mass is 32.1. The molecule has 0 spiro atoms. The average Bonchev–Trinajstić information content (AvgIpc) is 3.19. The Hall–Kier alpha value is -2.05. The summed E-state index contributed by atoms with van der Waals surface area (Å²) in [7, 11) is 3.17. The van der Waals surface area contributed by atoms with Crippen molar-refractivity contribution in [2.24, 2.45) is 5.92 Å². The Morgan fingerprint density at radius 3 is 2.46 bits per heavy atom. The van der Waals surface area contributed by atoms with Crippen molar-refractivity contribution in [2.45, 2.75) is 19.4 Å². The van der Waals surface area contributed by atoms with Crippen LogP contribution in [0.5, 0.6) is 11.5 Å². The topological polar surface area (TPSA) is 50.8 Å². The minimum absolute atomic E-state index is 0.0806. The zero-order valence-corrected chi connectivity index (χ0v) is 16.2. The molecule has 6 heteroatoms. The standard InChI is InChI=1S/C20H26N2O3S/c1-24-18-9-17(10-19(11-18)25-2)20(23)21-12-15-3-6-22(7-4-15)13-16-5-8-26-14-16/h5,8-11,14-15H,3-4,6-7,12-13H2,1-2H3,(H,21,23). The number of methoxy groups -OCH3 is 2. The number of hydrogen-bond acceptors (Lipinski definition) is 5. The zero-order chi connectivity index (χ0) is 18.4. The molecule has 1 amide bonds. The monoisotopic (exact) mass is 374 g/mol. The molecule has 1 aliphatic rings. The second-order valence-electron chi connectivity index (χ2n) is 6.66. The van der Waals surface area contributed by atoms with E-state index in [1.165, 1.54) is 5.56 Å². The number of carbonyl (C=O) groups is 1. The number of benzene rings is 1. The molecule has 0 aliphatic carbocycles. The highest BCUT2D eigenvalue weighted by molar-refractivity contribution is 7.07. The minimum atomic E-state index is -0.0806. The highest BCUT2D eigenvalue weighted by Gasteiger charge is 2.20. The van der Waals surface area contributed by atoms with E-state index in [1.54, 1.807) is 43.8 Å². The normalized spacial score (nSPS) is 15.6. The van der Waals surface area contributed by atoms with Gasteiger partial charge in [-0.15, -0.1) is 0 Å². The molecule has 1 aromatic heterocycles. The van der Waals surface area contributed by atoms with Crippen molar-refractivity contribution in [1.82, 2.24) is 10.2 Å². The summed E-state index contributed by atoms with van der Waals surface area (Å²) in [6.07, 6.45) is 2.23. The number of ether oxygens (including phenoxy) is 2. The summed E-state index contributed by atoms with van der Waals surface area (Å²) in [4.78, 5) is 15.0. The van der Waals surface area contributed by atoms with Gasteiger partial charge in [0.25, 0.3) is 5.91 Å². The van der Waals surface area contributed by atoms with Crippen LogP contribution in [0.15, 0.2) is 35.0 Å². The number of likely N-dealkylation sites (tertiary alicyclic amines) is 1. The summed E-state index contributed by atoms with van der Waals surface area (Å²) < 4.78 is 10.5. The van der Waals surface area contributed by atoms with E-state index in [4.69, 9.17) is 9.47 Å². The van der Waals surface area contributed by atoms with Crippen LogP contribution in [0.2, 0.25) is 0 Å². The molecular weight excluding hydrogens is 348 g/mol. The Kier molecular flexibility index (Phi) is 6.52. The Labute approximate surface area is 158 Å². The van der Waals surface area contributed by atoms with Crippen molar-refractivity contribution >= 4 is 17.2 Å². The number of hydrogen-bond donors (Lipinski definition) is 1. The molecule has 140 valence electrons. The van der Waals surface area contributed by atoms with Crippen LogP contribution in [-0.4, -0.2) is 44.7 Å². The van der Waals surface area contributed by atoms with Gasteiger partial charge in [-0.3, -0.25) is 9.69 Å². The molecule has 1 fully saturated rings. The number of piperidine rings is 1. The molecule has 26 heavy (non-hydrogen) atoms. The molecule has 2 aromatic rings. The maximum atomic E-state index is 12.5. The molecular formula is C20H26N2O3S. The van der Waals surface area contributed by atoms with Crippen molar-refractivity contribution in [3.63, 3.8) is 0 Å². The van der Waals surface area contributed by atoms with E-state index in [0.29, 0.717) is 29.5 Å². The van der Waals surface area contributed by atoms with Gasteiger partial charge in [-0.25, -0.2) is 0 Å². The third kappa shape index (κ3) is 4.99. The fourth-order valence-corrected chi connectivity index (χ4v) is 3.93. The summed E-state index contributed by atoms with van der Waals surface area (Å²) in [5.74, 6) is 1.69. The first-order valence-corrected chi connectivity index (χ1v) is 9.87. The molecule has 0 atom stereocenters. The van der Waals surface area contributed by atoms with Gasteiger partial charge in [0.1, 0.15) is 11.5 Å². The Bertz CT molecular complexity index is 688. The number of rotatable bonds is 7. The smallest absolute Gasteiger partial charge is 0.251 e. The molecule has 0 saturated carbocycles. The van der Waals surface area contributed by atoms with Gasteiger partial charge in [0, 0.05) is 24.7 Å². The van der Waals surface area contributed by atoms with Crippen LogP contribution < -0.4 is 14.8 Å². The Morgan fingerprint density at radius 1 is 1.19 bits per heavy atom. The molecule has 0 bridgehead atoms. The average molecular weight is 375 g/mol. The van der Waals surface area contributed by atoms with Crippen molar-refractivity contribution in [3.8, 4) is 11.5 Å². The molecule has 1 aromatic carbocycles. The highest BCUT2D eigenvalue weighted by Crippen LogP contribution is 2.23. The lowest BCUT2D eigenvalue weighted by Gasteiger charge is -2.31. The summed E-state index contributed by atoms with van der Waals surface area (Å²) >= 11 is 1.75. The largest absolute Gasteiger partial charge is 0.497 e. The summed E-state index contributed by atoms with van der Waals surface area (Å²) in [5.41, 5.74) is 1.96. The van der Waals surface area contributed by atoms with Gasteiger partial charge in [-0.05, 0) is 66.4 Å². The van der Waals surface area contributed by atoms with E-state index in [9.17, 15) is 4.79 Å². The first-order chi connectivity index (χ1) is 12.7.